The van der Waals surface area contributed by atoms with Crippen LogP contribution >= 0.6 is 0 Å². The molecule has 1 aromatic rings. The molecule has 0 saturated carbocycles. The molecule has 1 heterocycles. The van der Waals surface area contributed by atoms with E-state index in [-0.39, 0.29) is 55.0 Å². The Labute approximate surface area is 169 Å². The average Bonchev–Trinajstić information content (AvgIpc) is 2.96. The Morgan fingerprint density at radius 2 is 1.83 bits per heavy atom. The average molecular weight is 399 g/mol. The summed E-state index contributed by atoms with van der Waals surface area (Å²) < 4.78 is 5.11. The van der Waals surface area contributed by atoms with Gasteiger partial charge in [-0.05, 0) is 25.0 Å². The molecule has 1 saturated heterocycles. The third-order valence-corrected chi connectivity index (χ3v) is 5.31. The van der Waals surface area contributed by atoms with Gasteiger partial charge in [-0.2, -0.15) is 0 Å². The summed E-state index contributed by atoms with van der Waals surface area (Å²) in [5.74, 6) is -1.03. The first kappa shape index (κ1) is 20.6. The number of amides is 4. The number of ether oxygens (including phenoxy) is 1. The molecule has 0 radical (unpaired) electrons. The van der Waals surface area contributed by atoms with Crippen LogP contribution < -0.4 is 10.1 Å². The van der Waals surface area contributed by atoms with Gasteiger partial charge in [0.25, 0.3) is 0 Å². The van der Waals surface area contributed by atoms with E-state index in [4.69, 9.17) is 4.74 Å². The van der Waals surface area contributed by atoms with Crippen LogP contribution in [0.5, 0.6) is 5.75 Å². The molecule has 1 aromatic carbocycles. The molecule has 29 heavy (non-hydrogen) atoms. The van der Waals surface area contributed by atoms with E-state index in [2.05, 4.69) is 5.32 Å². The molecule has 0 spiro atoms. The second kappa shape index (κ2) is 8.89. The lowest BCUT2D eigenvalue weighted by Gasteiger charge is -2.19. The lowest BCUT2D eigenvalue weighted by atomic mass is 9.85. The van der Waals surface area contributed by atoms with Crippen molar-refractivity contribution in [2.45, 2.75) is 19.3 Å². The van der Waals surface area contributed by atoms with Crippen molar-refractivity contribution in [1.82, 2.24) is 9.80 Å². The predicted octanol–water partition coefficient (Wildman–Crippen LogP) is 1.43. The number of anilines is 1. The van der Waals surface area contributed by atoms with Gasteiger partial charge < -0.3 is 15.0 Å². The Morgan fingerprint density at radius 1 is 1.17 bits per heavy atom. The fourth-order valence-electron chi connectivity index (χ4n) is 3.69. The number of imide groups is 1. The zero-order chi connectivity index (χ0) is 21.0. The number of allylic oxidation sites excluding steroid dienone is 2. The maximum atomic E-state index is 12.4. The smallest absolute Gasteiger partial charge is 0.243 e. The molecule has 3 rings (SSSR count). The quantitative estimate of drug-likeness (QED) is 0.553. The number of methoxy groups -OCH3 is 1. The van der Waals surface area contributed by atoms with Crippen LogP contribution in [0.25, 0.3) is 0 Å². The number of carbonyl (C=O) groups excluding carboxylic acids is 4. The maximum Gasteiger partial charge on any atom is 0.243 e. The zero-order valence-corrected chi connectivity index (χ0v) is 16.6. The van der Waals surface area contributed by atoms with Gasteiger partial charge in [0, 0.05) is 31.8 Å². The SMILES string of the molecule is COc1cccc(NC(=O)CN(C)C(=O)CCN2C(=O)[C@H]3CC=CC[C@@H]3C2=O)c1. The highest BCUT2D eigenvalue weighted by Gasteiger charge is 2.46. The number of benzene rings is 1. The van der Waals surface area contributed by atoms with E-state index in [0.29, 0.717) is 24.3 Å². The second-order valence-corrected chi connectivity index (χ2v) is 7.26. The third-order valence-electron chi connectivity index (χ3n) is 5.31. The molecular formula is C21H25N3O5. The van der Waals surface area contributed by atoms with Gasteiger partial charge in [0.2, 0.25) is 23.6 Å². The molecule has 1 aliphatic heterocycles. The van der Waals surface area contributed by atoms with Gasteiger partial charge in [-0.15, -0.1) is 0 Å². The second-order valence-electron chi connectivity index (χ2n) is 7.26. The number of fused-ring (bicyclic) bond motifs is 1. The van der Waals surface area contributed by atoms with E-state index in [1.807, 2.05) is 12.2 Å². The number of hydrogen-bond acceptors (Lipinski definition) is 5. The highest BCUT2D eigenvalue weighted by atomic mass is 16.5. The summed E-state index contributed by atoms with van der Waals surface area (Å²) in [6, 6.07) is 6.92. The summed E-state index contributed by atoms with van der Waals surface area (Å²) in [4.78, 5) is 51.9. The molecule has 0 unspecified atom stereocenters. The van der Waals surface area contributed by atoms with E-state index in [9.17, 15) is 19.2 Å². The first-order chi connectivity index (χ1) is 13.9. The minimum Gasteiger partial charge on any atom is -0.497 e. The van der Waals surface area contributed by atoms with Gasteiger partial charge in [0.05, 0.1) is 25.5 Å². The summed E-state index contributed by atoms with van der Waals surface area (Å²) in [5.41, 5.74) is 0.569. The first-order valence-corrected chi connectivity index (χ1v) is 9.58. The molecular weight excluding hydrogens is 374 g/mol. The van der Waals surface area contributed by atoms with Crippen molar-refractivity contribution < 1.29 is 23.9 Å². The van der Waals surface area contributed by atoms with Gasteiger partial charge in [-0.1, -0.05) is 18.2 Å². The Morgan fingerprint density at radius 3 is 2.45 bits per heavy atom. The molecule has 154 valence electrons. The van der Waals surface area contributed by atoms with E-state index in [1.165, 1.54) is 24.0 Å². The van der Waals surface area contributed by atoms with Crippen molar-refractivity contribution in [2.75, 3.05) is 32.6 Å². The molecule has 8 heteroatoms. The summed E-state index contributed by atoms with van der Waals surface area (Å²) >= 11 is 0. The van der Waals surface area contributed by atoms with Gasteiger partial charge in [0.15, 0.2) is 0 Å². The summed E-state index contributed by atoms with van der Waals surface area (Å²) in [6.45, 7) is -0.0849. The summed E-state index contributed by atoms with van der Waals surface area (Å²) in [5, 5.41) is 2.71. The highest BCUT2D eigenvalue weighted by Crippen LogP contribution is 2.35. The van der Waals surface area contributed by atoms with Crippen LogP contribution in [0.1, 0.15) is 19.3 Å². The van der Waals surface area contributed by atoms with Crippen molar-refractivity contribution in [3.63, 3.8) is 0 Å². The number of rotatable bonds is 7. The van der Waals surface area contributed by atoms with E-state index in [0.717, 1.165) is 0 Å². The lowest BCUT2D eigenvalue weighted by molar-refractivity contribution is -0.141. The van der Waals surface area contributed by atoms with Crippen LogP contribution in [-0.2, 0) is 19.2 Å². The number of hydrogen-bond donors (Lipinski definition) is 1. The predicted molar refractivity (Wildman–Crippen MR) is 106 cm³/mol. The Balaban J connectivity index is 1.48. The summed E-state index contributed by atoms with van der Waals surface area (Å²) in [7, 11) is 3.06. The molecule has 8 nitrogen and oxygen atoms in total. The first-order valence-electron chi connectivity index (χ1n) is 9.58. The molecule has 0 aromatic heterocycles. The number of carbonyl (C=O) groups is 4. The summed E-state index contributed by atoms with van der Waals surface area (Å²) in [6.07, 6.45) is 4.99. The minimum atomic E-state index is -0.348. The fourth-order valence-corrected chi connectivity index (χ4v) is 3.69. The Bertz CT molecular complexity index is 824. The number of likely N-dealkylation sites (tertiary alicyclic amines) is 1. The van der Waals surface area contributed by atoms with Crippen molar-refractivity contribution in [3.8, 4) is 5.75 Å². The van der Waals surface area contributed by atoms with Crippen molar-refractivity contribution in [2.24, 2.45) is 11.8 Å². The molecule has 4 amide bonds. The van der Waals surface area contributed by atoms with Crippen LogP contribution in [0, 0.1) is 11.8 Å². The number of nitrogens with one attached hydrogen (secondary N) is 1. The molecule has 2 aliphatic rings. The Kier molecular flexibility index (Phi) is 6.31. The molecule has 1 aliphatic carbocycles. The van der Waals surface area contributed by atoms with E-state index >= 15 is 0 Å². The van der Waals surface area contributed by atoms with Gasteiger partial charge in [-0.3, -0.25) is 24.1 Å². The monoisotopic (exact) mass is 399 g/mol. The van der Waals surface area contributed by atoms with Crippen LogP contribution in [0.3, 0.4) is 0 Å². The van der Waals surface area contributed by atoms with Crippen LogP contribution in [0.2, 0.25) is 0 Å². The molecule has 2 atom stereocenters. The standard InChI is InChI=1S/C21H25N3O5/c1-23(13-18(25)22-14-6-5-7-15(12-14)29-2)19(26)10-11-24-20(27)16-8-3-4-9-17(16)21(24)28/h3-7,12,16-17H,8-11,13H2,1-2H3,(H,22,25)/t16-,17-/m0/s1. The molecule has 1 fully saturated rings. The van der Waals surface area contributed by atoms with Gasteiger partial charge in [0.1, 0.15) is 5.75 Å². The van der Waals surface area contributed by atoms with Gasteiger partial charge >= 0.3 is 0 Å². The highest BCUT2D eigenvalue weighted by molar-refractivity contribution is 6.05. The van der Waals surface area contributed by atoms with Crippen molar-refractivity contribution in [3.05, 3.63) is 36.4 Å². The zero-order valence-electron chi connectivity index (χ0n) is 16.6. The number of nitrogens with zero attached hydrogens (tertiary/aromatic N) is 2. The van der Waals surface area contributed by atoms with E-state index < -0.39 is 0 Å². The molecule has 1 N–H and O–H groups in total. The van der Waals surface area contributed by atoms with Crippen LogP contribution in [0.4, 0.5) is 5.69 Å². The maximum absolute atomic E-state index is 12.4. The normalized spacial score (nSPS) is 20.4. The number of likely N-dealkylation sites (N-methyl/N-ethyl adjacent to an activating group) is 1. The van der Waals surface area contributed by atoms with Crippen molar-refractivity contribution in [1.29, 1.82) is 0 Å². The largest absolute Gasteiger partial charge is 0.497 e. The third kappa shape index (κ3) is 4.64. The van der Waals surface area contributed by atoms with Crippen LogP contribution in [0.15, 0.2) is 36.4 Å². The topological polar surface area (TPSA) is 96.0 Å². The van der Waals surface area contributed by atoms with Crippen LogP contribution in [-0.4, -0.2) is 60.7 Å². The van der Waals surface area contributed by atoms with Gasteiger partial charge in [-0.25, -0.2) is 0 Å². The Hall–Kier alpha value is -3.16. The lowest BCUT2D eigenvalue weighted by Crippen LogP contribution is -2.38. The molecule has 0 bridgehead atoms. The van der Waals surface area contributed by atoms with E-state index in [1.54, 1.807) is 24.3 Å². The minimum absolute atomic E-state index is 0.00666. The fraction of sp³-hybridized carbons (Fsp3) is 0.429. The van der Waals surface area contributed by atoms with Crippen molar-refractivity contribution >= 4 is 29.3 Å².